The van der Waals surface area contributed by atoms with Gasteiger partial charge in [-0.25, -0.2) is 4.79 Å². The molecule has 0 saturated heterocycles. The summed E-state index contributed by atoms with van der Waals surface area (Å²) in [6.45, 7) is 0. The number of carbonyl (C=O) groups is 1. The third kappa shape index (κ3) is 1.92. The largest absolute Gasteiger partial charge is 0.476 e. The molecule has 0 aliphatic heterocycles. The molecular weight excluding hydrogens is 262 g/mol. The first-order valence-corrected chi connectivity index (χ1v) is 6.33. The number of rotatable bonds is 2. The summed E-state index contributed by atoms with van der Waals surface area (Å²) >= 11 is 1.36. The van der Waals surface area contributed by atoms with E-state index in [9.17, 15) is 4.79 Å². The van der Waals surface area contributed by atoms with Crippen molar-refractivity contribution in [3.63, 3.8) is 0 Å². The fraction of sp³-hybridized carbons (Fsp3) is 0. The van der Waals surface area contributed by atoms with Crippen LogP contribution in [0.25, 0.3) is 20.5 Å². The van der Waals surface area contributed by atoms with Crippen molar-refractivity contribution in [1.82, 2.24) is 10.2 Å². The Balaban J connectivity index is 2.29. The van der Waals surface area contributed by atoms with Gasteiger partial charge in [-0.05, 0) is 11.6 Å². The molecule has 0 aliphatic rings. The molecule has 6 heteroatoms. The molecule has 5 nitrogen and oxygen atoms in total. The molecule has 0 amide bonds. The van der Waals surface area contributed by atoms with Crippen LogP contribution in [0.15, 0.2) is 36.4 Å². The van der Waals surface area contributed by atoms with Crippen LogP contribution >= 0.6 is 11.3 Å². The number of thiophene rings is 1. The maximum atomic E-state index is 11.1. The summed E-state index contributed by atoms with van der Waals surface area (Å²) in [5.74, 6) is -0.850. The minimum absolute atomic E-state index is 0.0589. The first kappa shape index (κ1) is 11.6. The lowest BCUT2D eigenvalue weighted by Gasteiger charge is -1.96. The van der Waals surface area contributed by atoms with Gasteiger partial charge in [0.25, 0.3) is 0 Å². The monoisotopic (exact) mass is 271 g/mol. The lowest BCUT2D eigenvalue weighted by atomic mass is 10.2. The number of hydrogen-bond acceptors (Lipinski definition) is 5. The second-order valence-corrected chi connectivity index (χ2v) is 5.01. The van der Waals surface area contributed by atoms with E-state index in [0.29, 0.717) is 10.1 Å². The van der Waals surface area contributed by atoms with Gasteiger partial charge in [-0.15, -0.1) is 21.5 Å². The Morgan fingerprint density at radius 3 is 2.63 bits per heavy atom. The first-order valence-electron chi connectivity index (χ1n) is 5.51. The highest BCUT2D eigenvalue weighted by Crippen LogP contribution is 2.36. The number of nitrogens with two attached hydrogens (primary N) is 1. The van der Waals surface area contributed by atoms with Crippen molar-refractivity contribution in [2.45, 2.75) is 0 Å². The lowest BCUT2D eigenvalue weighted by Crippen LogP contribution is -2.04. The van der Waals surface area contributed by atoms with E-state index in [1.807, 2.05) is 36.4 Å². The molecule has 1 aromatic carbocycles. The molecule has 3 aromatic rings. The van der Waals surface area contributed by atoms with Gasteiger partial charge in [0.2, 0.25) is 0 Å². The molecule has 3 rings (SSSR count). The lowest BCUT2D eigenvalue weighted by molar-refractivity contribution is 0.0692. The highest BCUT2D eigenvalue weighted by Gasteiger charge is 2.17. The Morgan fingerprint density at radius 2 is 1.95 bits per heavy atom. The normalized spacial score (nSPS) is 10.7. The van der Waals surface area contributed by atoms with Gasteiger partial charge in [-0.1, -0.05) is 30.3 Å². The summed E-state index contributed by atoms with van der Waals surface area (Å²) in [5.41, 5.74) is 6.71. The van der Waals surface area contributed by atoms with Gasteiger partial charge < -0.3 is 10.8 Å². The standard InChI is InChI=1S/C13H9N3O2S/c14-12-8-6-9(7-4-2-1-3-5-7)19-11(8)10(13(17)18)15-16-12/h1-6H,(H2,14,16)(H,17,18). The van der Waals surface area contributed by atoms with Gasteiger partial charge in [0, 0.05) is 10.3 Å². The van der Waals surface area contributed by atoms with Crippen LogP contribution in [0.4, 0.5) is 5.82 Å². The Morgan fingerprint density at radius 1 is 1.21 bits per heavy atom. The van der Waals surface area contributed by atoms with Crippen molar-refractivity contribution in [1.29, 1.82) is 0 Å². The van der Waals surface area contributed by atoms with Gasteiger partial charge in [0.15, 0.2) is 11.5 Å². The Hall–Kier alpha value is -2.47. The van der Waals surface area contributed by atoms with Crippen LogP contribution in [0, 0.1) is 0 Å². The zero-order valence-corrected chi connectivity index (χ0v) is 10.5. The number of anilines is 1. The molecular formula is C13H9N3O2S. The second-order valence-electron chi connectivity index (χ2n) is 3.96. The van der Waals surface area contributed by atoms with E-state index in [4.69, 9.17) is 10.8 Å². The predicted molar refractivity (Wildman–Crippen MR) is 74.2 cm³/mol. The molecule has 2 aromatic heterocycles. The minimum Gasteiger partial charge on any atom is -0.476 e. The number of nitrogen functional groups attached to an aromatic ring is 1. The quantitative estimate of drug-likeness (QED) is 0.748. The van der Waals surface area contributed by atoms with E-state index >= 15 is 0 Å². The maximum absolute atomic E-state index is 11.1. The summed E-state index contributed by atoms with van der Waals surface area (Å²) in [5, 5.41) is 17.1. The number of nitrogens with zero attached hydrogens (tertiary/aromatic N) is 2. The number of hydrogen-bond donors (Lipinski definition) is 2. The zero-order valence-electron chi connectivity index (χ0n) is 9.70. The maximum Gasteiger partial charge on any atom is 0.357 e. The van der Waals surface area contributed by atoms with Gasteiger partial charge in [-0.2, -0.15) is 0 Å². The average molecular weight is 271 g/mol. The topological polar surface area (TPSA) is 89.1 Å². The smallest absolute Gasteiger partial charge is 0.357 e. The number of aromatic carboxylic acids is 1. The molecule has 0 unspecified atom stereocenters. The molecule has 0 radical (unpaired) electrons. The Labute approximate surface area is 112 Å². The summed E-state index contributed by atoms with van der Waals surface area (Å²) in [4.78, 5) is 12.1. The predicted octanol–water partition coefficient (Wildman–Crippen LogP) is 2.64. The zero-order chi connectivity index (χ0) is 13.4. The van der Waals surface area contributed by atoms with Crippen LogP contribution in [0.1, 0.15) is 10.5 Å². The molecule has 0 atom stereocenters. The fourth-order valence-electron chi connectivity index (χ4n) is 1.84. The fourth-order valence-corrected chi connectivity index (χ4v) is 2.99. The molecule has 0 fully saturated rings. The molecule has 0 spiro atoms. The van der Waals surface area contributed by atoms with Crippen molar-refractivity contribution < 1.29 is 9.90 Å². The summed E-state index contributed by atoms with van der Waals surface area (Å²) in [6, 6.07) is 11.6. The van der Waals surface area contributed by atoms with E-state index in [1.54, 1.807) is 0 Å². The first-order chi connectivity index (χ1) is 9.16. The van der Waals surface area contributed by atoms with Crippen LogP contribution in [-0.2, 0) is 0 Å². The molecule has 0 saturated carbocycles. The van der Waals surface area contributed by atoms with Gasteiger partial charge in [0.05, 0.1) is 4.70 Å². The number of benzene rings is 1. The van der Waals surface area contributed by atoms with Crippen molar-refractivity contribution in [3.8, 4) is 10.4 Å². The van der Waals surface area contributed by atoms with Crippen LogP contribution in [0.3, 0.4) is 0 Å². The Kier molecular flexibility index (Phi) is 2.64. The van der Waals surface area contributed by atoms with Crippen molar-refractivity contribution in [3.05, 3.63) is 42.1 Å². The van der Waals surface area contributed by atoms with Gasteiger partial charge >= 0.3 is 5.97 Å². The van der Waals surface area contributed by atoms with E-state index in [-0.39, 0.29) is 11.5 Å². The van der Waals surface area contributed by atoms with Crippen LogP contribution in [0.5, 0.6) is 0 Å². The van der Waals surface area contributed by atoms with E-state index in [2.05, 4.69) is 10.2 Å². The van der Waals surface area contributed by atoms with Crippen molar-refractivity contribution >= 4 is 33.2 Å². The highest BCUT2D eigenvalue weighted by molar-refractivity contribution is 7.22. The molecule has 2 heterocycles. The molecule has 19 heavy (non-hydrogen) atoms. The van der Waals surface area contributed by atoms with Crippen LogP contribution < -0.4 is 5.73 Å². The van der Waals surface area contributed by atoms with Crippen LogP contribution in [-0.4, -0.2) is 21.3 Å². The Bertz CT molecular complexity index is 768. The van der Waals surface area contributed by atoms with Crippen molar-refractivity contribution in [2.75, 3.05) is 5.73 Å². The van der Waals surface area contributed by atoms with E-state index in [0.717, 1.165) is 10.4 Å². The van der Waals surface area contributed by atoms with E-state index < -0.39 is 5.97 Å². The minimum atomic E-state index is -1.10. The highest BCUT2D eigenvalue weighted by atomic mass is 32.1. The molecule has 94 valence electrons. The van der Waals surface area contributed by atoms with Crippen LogP contribution in [0.2, 0.25) is 0 Å². The molecule has 3 N–H and O–H groups in total. The number of carboxylic acid groups (broad SMARTS) is 1. The summed E-state index contributed by atoms with van der Waals surface area (Å²) in [6.07, 6.45) is 0. The molecule has 0 aliphatic carbocycles. The van der Waals surface area contributed by atoms with Gasteiger partial charge in [0.1, 0.15) is 0 Å². The number of aromatic nitrogens is 2. The van der Waals surface area contributed by atoms with Gasteiger partial charge in [-0.3, -0.25) is 0 Å². The summed E-state index contributed by atoms with van der Waals surface area (Å²) < 4.78 is 0.554. The number of carboxylic acids is 1. The third-order valence-corrected chi connectivity index (χ3v) is 3.93. The van der Waals surface area contributed by atoms with E-state index in [1.165, 1.54) is 11.3 Å². The SMILES string of the molecule is Nc1nnc(C(=O)O)c2sc(-c3ccccc3)cc12. The summed E-state index contributed by atoms with van der Waals surface area (Å²) in [7, 11) is 0. The molecule has 0 bridgehead atoms. The van der Waals surface area contributed by atoms with Crippen molar-refractivity contribution in [2.24, 2.45) is 0 Å². The second kappa shape index (κ2) is 4.33. The average Bonchev–Trinajstić information content (AvgIpc) is 2.85. The number of fused-ring (bicyclic) bond motifs is 1. The third-order valence-electron chi connectivity index (χ3n) is 2.74.